The van der Waals surface area contributed by atoms with E-state index in [9.17, 15) is 30.0 Å². The topological polar surface area (TPSA) is 175 Å². The predicted octanol–water partition coefficient (Wildman–Crippen LogP) is 2.22. The van der Waals surface area contributed by atoms with E-state index in [1.54, 1.807) is 77.3 Å². The summed E-state index contributed by atoms with van der Waals surface area (Å²) in [6, 6.07) is 0. The van der Waals surface area contributed by atoms with Crippen LogP contribution in [0.25, 0.3) is 0 Å². The SMILES string of the molecule is CO[C@@H](C[C@@H](C)C(O)/C=C/C=C/CNC(=O)C(C)(C)C(O)\C(C)=C/C=C\C=C\Cc1cnco1)[C@]1(O)[C@@H](C)C(=O)N(C)C12COC2O. The molecule has 4 unspecified atom stereocenters. The van der Waals surface area contributed by atoms with Gasteiger partial charge in [-0.1, -0.05) is 68.5 Å². The lowest BCUT2D eigenvalue weighted by atomic mass is 9.67. The summed E-state index contributed by atoms with van der Waals surface area (Å²) in [6.07, 6.45) is 15.6. The molecule has 0 radical (unpaired) electrons. The maximum absolute atomic E-state index is 12.9. The molecule has 12 nitrogen and oxygen atoms in total. The zero-order valence-corrected chi connectivity index (χ0v) is 28.4. The molecule has 0 aromatic carbocycles. The Kier molecular flexibility index (Phi) is 13.1. The molecular weight excluding hydrogens is 606 g/mol. The second-order valence-electron chi connectivity index (χ2n) is 13.0. The van der Waals surface area contributed by atoms with Gasteiger partial charge in [-0.15, -0.1) is 0 Å². The molecule has 0 saturated carbocycles. The van der Waals surface area contributed by atoms with Crippen molar-refractivity contribution in [2.45, 2.75) is 83.2 Å². The number of likely N-dealkylation sites (N-methyl/N-ethyl adjacent to an activating group) is 1. The van der Waals surface area contributed by atoms with E-state index >= 15 is 0 Å². The lowest BCUT2D eigenvalue weighted by molar-refractivity contribution is -0.339. The molecule has 8 atom stereocenters. The fourth-order valence-electron chi connectivity index (χ4n) is 6.26. The Hall–Kier alpha value is -3.39. The summed E-state index contributed by atoms with van der Waals surface area (Å²) in [5, 5.41) is 46.8. The second-order valence-corrected chi connectivity index (χ2v) is 13.0. The molecule has 3 heterocycles. The quantitative estimate of drug-likeness (QED) is 0.166. The van der Waals surface area contributed by atoms with Crippen molar-refractivity contribution in [2.24, 2.45) is 17.3 Å². The van der Waals surface area contributed by atoms with Crippen LogP contribution in [0.2, 0.25) is 0 Å². The molecule has 47 heavy (non-hydrogen) atoms. The number of allylic oxidation sites excluding steroid dienone is 7. The van der Waals surface area contributed by atoms with Gasteiger partial charge in [-0.05, 0) is 38.7 Å². The monoisotopic (exact) mass is 657 g/mol. The van der Waals surface area contributed by atoms with Crippen molar-refractivity contribution < 1.29 is 43.9 Å². The van der Waals surface area contributed by atoms with Crippen LogP contribution >= 0.6 is 0 Å². The number of rotatable bonds is 16. The van der Waals surface area contributed by atoms with E-state index in [1.165, 1.54) is 25.5 Å². The second kappa shape index (κ2) is 16.1. The third kappa shape index (κ3) is 7.85. The van der Waals surface area contributed by atoms with Gasteiger partial charge in [-0.25, -0.2) is 4.98 Å². The highest BCUT2D eigenvalue weighted by Crippen LogP contribution is 2.52. The fraction of sp³-hybridized carbons (Fsp3) is 0.571. The normalized spacial score (nSPS) is 28.2. The molecule has 2 saturated heterocycles. The van der Waals surface area contributed by atoms with Gasteiger partial charge in [0.1, 0.15) is 16.9 Å². The van der Waals surface area contributed by atoms with E-state index in [1.807, 2.05) is 18.2 Å². The van der Waals surface area contributed by atoms with Crippen molar-refractivity contribution >= 4 is 11.8 Å². The number of aromatic nitrogens is 1. The van der Waals surface area contributed by atoms with Crippen LogP contribution in [0.15, 0.2) is 77.3 Å². The zero-order chi connectivity index (χ0) is 35.0. The van der Waals surface area contributed by atoms with Gasteiger partial charge in [0, 0.05) is 27.1 Å². The molecule has 2 fully saturated rings. The van der Waals surface area contributed by atoms with Crippen molar-refractivity contribution in [3.05, 3.63) is 78.6 Å². The first-order chi connectivity index (χ1) is 22.2. The average Bonchev–Trinajstić information content (AvgIpc) is 3.62. The number of amides is 2. The molecule has 2 amide bonds. The third-order valence-electron chi connectivity index (χ3n) is 9.62. The van der Waals surface area contributed by atoms with Gasteiger partial charge in [0.15, 0.2) is 12.7 Å². The molecule has 12 heteroatoms. The van der Waals surface area contributed by atoms with Crippen molar-refractivity contribution in [2.75, 3.05) is 27.3 Å². The number of aliphatic hydroxyl groups excluding tert-OH is 3. The number of hydrogen-bond donors (Lipinski definition) is 5. The number of oxazole rings is 1. The molecular formula is C35H51N3O9. The Bertz CT molecular complexity index is 1350. The predicted molar refractivity (Wildman–Crippen MR) is 175 cm³/mol. The van der Waals surface area contributed by atoms with E-state index < -0.39 is 47.1 Å². The first-order valence-corrected chi connectivity index (χ1v) is 15.8. The smallest absolute Gasteiger partial charge is 0.229 e. The number of methoxy groups -OCH3 is 1. The van der Waals surface area contributed by atoms with Gasteiger partial charge in [-0.2, -0.15) is 0 Å². The molecule has 1 aromatic rings. The fourth-order valence-corrected chi connectivity index (χ4v) is 6.26. The van der Waals surface area contributed by atoms with Crippen LogP contribution in [-0.4, -0.2) is 105 Å². The summed E-state index contributed by atoms with van der Waals surface area (Å²) < 4.78 is 16.0. The molecule has 0 bridgehead atoms. The van der Waals surface area contributed by atoms with Crippen LogP contribution in [0, 0.1) is 17.3 Å². The Morgan fingerprint density at radius 3 is 2.53 bits per heavy atom. The van der Waals surface area contributed by atoms with Gasteiger partial charge in [0.2, 0.25) is 11.8 Å². The molecule has 2 aliphatic heterocycles. The van der Waals surface area contributed by atoms with Gasteiger partial charge in [0.25, 0.3) is 0 Å². The average molecular weight is 658 g/mol. The summed E-state index contributed by atoms with van der Waals surface area (Å²) in [4.78, 5) is 30.9. The Labute approximate surface area is 277 Å². The number of carbonyl (C=O) groups is 2. The van der Waals surface area contributed by atoms with Crippen LogP contribution in [0.1, 0.15) is 46.8 Å². The first-order valence-electron chi connectivity index (χ1n) is 15.8. The maximum atomic E-state index is 12.9. The van der Waals surface area contributed by atoms with Crippen molar-refractivity contribution in [3.8, 4) is 0 Å². The van der Waals surface area contributed by atoms with Gasteiger partial charge < -0.3 is 44.5 Å². The minimum absolute atomic E-state index is 0.0242. The molecule has 1 aromatic heterocycles. The van der Waals surface area contributed by atoms with E-state index in [4.69, 9.17) is 13.9 Å². The van der Waals surface area contributed by atoms with Crippen LogP contribution in [0.3, 0.4) is 0 Å². The molecule has 2 aliphatic rings. The molecule has 260 valence electrons. The highest BCUT2D eigenvalue weighted by atomic mass is 16.6. The Morgan fingerprint density at radius 1 is 1.23 bits per heavy atom. The number of nitrogens with zero attached hydrogens (tertiary/aromatic N) is 2. The zero-order valence-electron chi connectivity index (χ0n) is 28.4. The van der Waals surface area contributed by atoms with Crippen molar-refractivity contribution in [1.82, 2.24) is 15.2 Å². The third-order valence-corrected chi connectivity index (χ3v) is 9.62. The van der Waals surface area contributed by atoms with Gasteiger partial charge in [-0.3, -0.25) is 9.59 Å². The van der Waals surface area contributed by atoms with Crippen LogP contribution in [-0.2, 0) is 25.5 Å². The van der Waals surface area contributed by atoms with Crippen molar-refractivity contribution in [3.63, 3.8) is 0 Å². The first kappa shape index (κ1) is 38.1. The van der Waals surface area contributed by atoms with Crippen LogP contribution < -0.4 is 5.32 Å². The van der Waals surface area contributed by atoms with E-state index in [0.717, 1.165) is 5.76 Å². The number of aliphatic hydroxyl groups is 4. The minimum atomic E-state index is -1.73. The van der Waals surface area contributed by atoms with Crippen LogP contribution in [0.4, 0.5) is 0 Å². The molecule has 0 aliphatic carbocycles. The number of likely N-dealkylation sites (tertiary alicyclic amines) is 1. The number of nitrogens with one attached hydrogen (secondary N) is 1. The highest BCUT2D eigenvalue weighted by molar-refractivity contribution is 5.85. The van der Waals surface area contributed by atoms with Crippen molar-refractivity contribution in [1.29, 1.82) is 0 Å². The largest absolute Gasteiger partial charge is 0.448 e. The van der Waals surface area contributed by atoms with E-state index in [0.29, 0.717) is 12.0 Å². The number of hydrogen-bond acceptors (Lipinski definition) is 10. The summed E-state index contributed by atoms with van der Waals surface area (Å²) in [7, 11) is 2.97. The number of carbonyl (C=O) groups excluding carboxylic acids is 2. The summed E-state index contributed by atoms with van der Waals surface area (Å²) >= 11 is 0. The lowest BCUT2D eigenvalue weighted by Crippen LogP contribution is -2.78. The lowest BCUT2D eigenvalue weighted by Gasteiger charge is -2.56. The van der Waals surface area contributed by atoms with Gasteiger partial charge >= 0.3 is 0 Å². The van der Waals surface area contributed by atoms with Crippen LogP contribution in [0.5, 0.6) is 0 Å². The Balaban J connectivity index is 1.48. The summed E-state index contributed by atoms with van der Waals surface area (Å²) in [5.74, 6) is -1.09. The number of ether oxygens (including phenoxy) is 2. The molecule has 1 spiro atoms. The molecule has 3 rings (SSSR count). The molecule has 5 N–H and O–H groups in total. The maximum Gasteiger partial charge on any atom is 0.229 e. The van der Waals surface area contributed by atoms with E-state index in [2.05, 4.69) is 10.3 Å². The standard InChI is InChI=1S/C35H51N3O9/c1-23(15-11-8-9-12-16-26-20-36-22-47-26)29(40)33(4,5)31(42)37-18-14-10-13-17-27(39)24(2)19-28(45-7)35(44)25(3)30(41)38(6)34(35)21-46-32(34)43/h8-15,17,20,22,24-25,27-29,32,39-40,43-44H,16,18-19,21H2,1-7H3,(H,37,42)/b11-8-,12-9+,14-10+,17-13+,23-15-/t24-,25+,27?,28+,29?,32?,34?,35-/m1/s1. The minimum Gasteiger partial charge on any atom is -0.448 e. The Morgan fingerprint density at radius 2 is 1.94 bits per heavy atom. The summed E-state index contributed by atoms with van der Waals surface area (Å²) in [5.41, 5.74) is -3.50. The summed E-state index contributed by atoms with van der Waals surface area (Å²) in [6.45, 7) is 8.73. The van der Waals surface area contributed by atoms with E-state index in [-0.39, 0.29) is 37.3 Å². The van der Waals surface area contributed by atoms with Gasteiger partial charge in [0.05, 0.1) is 42.4 Å². The highest BCUT2D eigenvalue weighted by Gasteiger charge is 2.75.